The van der Waals surface area contributed by atoms with Gasteiger partial charge >= 0.3 is 0 Å². The molecule has 1 atom stereocenters. The van der Waals surface area contributed by atoms with E-state index in [0.29, 0.717) is 6.10 Å². The van der Waals surface area contributed by atoms with Crippen LogP contribution in [0.1, 0.15) is 58.8 Å². The lowest BCUT2D eigenvalue weighted by molar-refractivity contribution is -0.138. The Bertz CT molecular complexity index is 197. The molecule has 88 valence electrons. The van der Waals surface area contributed by atoms with Crippen LogP contribution in [-0.4, -0.2) is 24.3 Å². The first-order valence-electron chi connectivity index (χ1n) is 6.65. The van der Waals surface area contributed by atoms with Crippen molar-refractivity contribution in [1.82, 2.24) is 5.32 Å². The molecule has 0 spiro atoms. The minimum absolute atomic E-state index is 0.247. The Labute approximate surface area is 93.8 Å². The van der Waals surface area contributed by atoms with Gasteiger partial charge in [0.05, 0.1) is 11.7 Å². The highest BCUT2D eigenvalue weighted by Gasteiger charge is 2.38. The first-order valence-corrected chi connectivity index (χ1v) is 6.65. The molecule has 0 aromatic carbocycles. The van der Waals surface area contributed by atoms with Gasteiger partial charge in [-0.05, 0) is 58.4 Å². The Morgan fingerprint density at radius 2 is 2.13 bits per heavy atom. The van der Waals surface area contributed by atoms with Gasteiger partial charge in [0, 0.05) is 6.04 Å². The number of hydrogen-bond donors (Lipinski definition) is 1. The molecule has 1 N–H and O–H groups in total. The highest BCUT2D eigenvalue weighted by molar-refractivity contribution is 4.92. The number of hydrogen-bond acceptors (Lipinski definition) is 2. The third-order valence-electron chi connectivity index (χ3n) is 3.88. The molecule has 2 nitrogen and oxygen atoms in total. The Kier molecular flexibility index (Phi) is 3.68. The predicted octanol–water partition coefficient (Wildman–Crippen LogP) is 2.87. The summed E-state index contributed by atoms with van der Waals surface area (Å²) < 4.78 is 6.19. The van der Waals surface area contributed by atoms with Crippen LogP contribution in [0.5, 0.6) is 0 Å². The minimum Gasteiger partial charge on any atom is -0.372 e. The van der Waals surface area contributed by atoms with Crippen LogP contribution < -0.4 is 5.32 Å². The van der Waals surface area contributed by atoms with Crippen LogP contribution in [0.3, 0.4) is 0 Å². The van der Waals surface area contributed by atoms with Gasteiger partial charge in [0.25, 0.3) is 0 Å². The van der Waals surface area contributed by atoms with Gasteiger partial charge in [0.15, 0.2) is 0 Å². The quantitative estimate of drug-likeness (QED) is 0.699. The molecule has 0 aromatic heterocycles. The van der Waals surface area contributed by atoms with Crippen LogP contribution in [-0.2, 0) is 4.74 Å². The Morgan fingerprint density at radius 1 is 1.40 bits per heavy atom. The molecular formula is C13H25NO. The molecule has 2 saturated carbocycles. The fourth-order valence-corrected chi connectivity index (χ4v) is 2.30. The molecule has 0 aromatic rings. The van der Waals surface area contributed by atoms with Gasteiger partial charge in [0.2, 0.25) is 0 Å². The second-order valence-electron chi connectivity index (χ2n) is 5.35. The van der Waals surface area contributed by atoms with E-state index < -0.39 is 0 Å². The van der Waals surface area contributed by atoms with E-state index in [1.807, 2.05) is 0 Å². The van der Waals surface area contributed by atoms with Crippen molar-refractivity contribution in [2.75, 3.05) is 6.54 Å². The van der Waals surface area contributed by atoms with Crippen molar-refractivity contribution < 1.29 is 4.74 Å². The molecule has 0 saturated heterocycles. The monoisotopic (exact) mass is 211 g/mol. The van der Waals surface area contributed by atoms with E-state index in [1.54, 1.807) is 0 Å². The Morgan fingerprint density at radius 3 is 2.60 bits per heavy atom. The zero-order chi connectivity index (χ0) is 10.7. The normalized spacial score (nSPS) is 26.0. The van der Waals surface area contributed by atoms with Gasteiger partial charge in [-0.25, -0.2) is 0 Å². The van der Waals surface area contributed by atoms with Gasteiger partial charge in [0.1, 0.15) is 0 Å². The van der Waals surface area contributed by atoms with Crippen LogP contribution in [0.15, 0.2) is 0 Å². The standard InChI is InChI=1S/C13H25NO/c1-3-11(2)15-13(7-4-8-13)9-10-14-12-5-6-12/h11-12,14H,3-10H2,1-2H3. The third kappa shape index (κ3) is 3.18. The van der Waals surface area contributed by atoms with Crippen molar-refractivity contribution in [1.29, 1.82) is 0 Å². The summed E-state index contributed by atoms with van der Waals surface area (Å²) >= 11 is 0. The molecule has 2 aliphatic carbocycles. The molecule has 0 radical (unpaired) electrons. The molecule has 0 heterocycles. The molecule has 15 heavy (non-hydrogen) atoms. The first kappa shape index (κ1) is 11.4. The fourth-order valence-electron chi connectivity index (χ4n) is 2.30. The van der Waals surface area contributed by atoms with E-state index >= 15 is 0 Å². The molecule has 1 unspecified atom stereocenters. The molecule has 2 aliphatic rings. The maximum Gasteiger partial charge on any atom is 0.0698 e. The third-order valence-corrected chi connectivity index (χ3v) is 3.88. The topological polar surface area (TPSA) is 21.3 Å². The van der Waals surface area contributed by atoms with Gasteiger partial charge in [-0.2, -0.15) is 0 Å². The van der Waals surface area contributed by atoms with Gasteiger partial charge in [-0.1, -0.05) is 6.92 Å². The zero-order valence-electron chi connectivity index (χ0n) is 10.2. The molecule has 0 bridgehead atoms. The lowest BCUT2D eigenvalue weighted by atomic mass is 9.77. The Balaban J connectivity index is 1.68. The summed E-state index contributed by atoms with van der Waals surface area (Å²) in [7, 11) is 0. The van der Waals surface area contributed by atoms with Gasteiger partial charge < -0.3 is 10.1 Å². The summed E-state index contributed by atoms with van der Waals surface area (Å²) in [5.41, 5.74) is 0.247. The fraction of sp³-hybridized carbons (Fsp3) is 1.00. The lowest BCUT2D eigenvalue weighted by Crippen LogP contribution is -2.44. The smallest absolute Gasteiger partial charge is 0.0698 e. The number of ether oxygens (including phenoxy) is 1. The van der Waals surface area contributed by atoms with Crippen molar-refractivity contribution in [2.24, 2.45) is 0 Å². The summed E-state index contributed by atoms with van der Waals surface area (Å²) in [5, 5.41) is 3.59. The SMILES string of the molecule is CCC(C)OC1(CCNC2CC2)CCC1. The first-order chi connectivity index (χ1) is 7.24. The van der Waals surface area contributed by atoms with E-state index in [2.05, 4.69) is 19.2 Å². The van der Waals surface area contributed by atoms with Crippen molar-refractivity contribution in [3.05, 3.63) is 0 Å². The minimum atomic E-state index is 0.247. The van der Waals surface area contributed by atoms with E-state index in [4.69, 9.17) is 4.74 Å². The highest BCUT2D eigenvalue weighted by Crippen LogP contribution is 2.39. The molecule has 2 fully saturated rings. The summed E-state index contributed by atoms with van der Waals surface area (Å²) in [6, 6.07) is 0.839. The van der Waals surface area contributed by atoms with Crippen LogP contribution in [0.2, 0.25) is 0 Å². The second kappa shape index (κ2) is 4.84. The van der Waals surface area contributed by atoms with E-state index in [-0.39, 0.29) is 5.60 Å². The van der Waals surface area contributed by atoms with Crippen LogP contribution in [0.25, 0.3) is 0 Å². The van der Waals surface area contributed by atoms with Gasteiger partial charge in [-0.15, -0.1) is 0 Å². The molecule has 0 amide bonds. The maximum absolute atomic E-state index is 6.19. The second-order valence-corrected chi connectivity index (χ2v) is 5.35. The maximum atomic E-state index is 6.19. The van der Waals surface area contributed by atoms with Crippen molar-refractivity contribution in [3.8, 4) is 0 Å². The molecule has 2 rings (SSSR count). The Hall–Kier alpha value is -0.0800. The summed E-state index contributed by atoms with van der Waals surface area (Å²) in [5.74, 6) is 0. The van der Waals surface area contributed by atoms with E-state index in [9.17, 15) is 0 Å². The highest BCUT2D eigenvalue weighted by atomic mass is 16.5. The van der Waals surface area contributed by atoms with Crippen molar-refractivity contribution in [3.63, 3.8) is 0 Å². The summed E-state index contributed by atoms with van der Waals surface area (Å²) in [6.07, 6.45) is 9.49. The van der Waals surface area contributed by atoms with Gasteiger partial charge in [-0.3, -0.25) is 0 Å². The van der Waals surface area contributed by atoms with E-state index in [1.165, 1.54) is 38.5 Å². The van der Waals surface area contributed by atoms with Crippen LogP contribution in [0.4, 0.5) is 0 Å². The average Bonchev–Trinajstić information content (AvgIpc) is 2.97. The number of nitrogens with one attached hydrogen (secondary N) is 1. The molecular weight excluding hydrogens is 186 g/mol. The van der Waals surface area contributed by atoms with Crippen LogP contribution in [0, 0.1) is 0 Å². The average molecular weight is 211 g/mol. The lowest BCUT2D eigenvalue weighted by Gasteiger charge is -2.43. The largest absolute Gasteiger partial charge is 0.372 e. The van der Waals surface area contributed by atoms with E-state index in [0.717, 1.165) is 19.0 Å². The van der Waals surface area contributed by atoms with Crippen molar-refractivity contribution in [2.45, 2.75) is 76.5 Å². The van der Waals surface area contributed by atoms with Crippen LogP contribution >= 0.6 is 0 Å². The zero-order valence-corrected chi connectivity index (χ0v) is 10.2. The molecule has 0 aliphatic heterocycles. The molecule has 2 heteroatoms. The van der Waals surface area contributed by atoms with Crippen molar-refractivity contribution >= 4 is 0 Å². The number of rotatable bonds is 7. The predicted molar refractivity (Wildman–Crippen MR) is 63.1 cm³/mol. The summed E-state index contributed by atoms with van der Waals surface area (Å²) in [4.78, 5) is 0. The summed E-state index contributed by atoms with van der Waals surface area (Å²) in [6.45, 7) is 5.56.